The molecule has 0 radical (unpaired) electrons. The van der Waals surface area contributed by atoms with Crippen LogP contribution >= 0.6 is 11.3 Å². The van der Waals surface area contributed by atoms with Crippen LogP contribution in [0, 0.1) is 11.8 Å². The number of carbonyl (C=O) groups is 1. The molecule has 2 aromatic heterocycles. The summed E-state index contributed by atoms with van der Waals surface area (Å²) in [6.45, 7) is 0.501. The summed E-state index contributed by atoms with van der Waals surface area (Å²) < 4.78 is 0. The van der Waals surface area contributed by atoms with E-state index in [1.807, 2.05) is 12.1 Å². The Morgan fingerprint density at radius 3 is 3.05 bits per heavy atom. The number of hydrogen-bond acceptors (Lipinski definition) is 5. The molecular formula is C14H13N3O2S. The van der Waals surface area contributed by atoms with E-state index < -0.39 is 0 Å². The topological polar surface area (TPSA) is 75.1 Å². The Labute approximate surface area is 120 Å². The second kappa shape index (κ2) is 7.38. The first-order chi connectivity index (χ1) is 9.79. The molecule has 0 atom stereocenters. The molecule has 2 aromatic rings. The number of carbonyl (C=O) groups excluding carboxylic acids is 1. The van der Waals surface area contributed by atoms with Crippen LogP contribution in [0.2, 0.25) is 0 Å². The minimum atomic E-state index is -0.251. The maximum Gasteiger partial charge on any atom is 0.271 e. The highest BCUT2D eigenvalue weighted by Crippen LogP contribution is 2.15. The fourth-order valence-electron chi connectivity index (χ4n) is 1.42. The lowest BCUT2D eigenvalue weighted by atomic mass is 10.3. The molecule has 2 rings (SSSR count). The van der Waals surface area contributed by atoms with Crippen LogP contribution in [0.15, 0.2) is 30.7 Å². The van der Waals surface area contributed by atoms with E-state index in [0.29, 0.717) is 18.7 Å². The monoisotopic (exact) mass is 287 g/mol. The van der Waals surface area contributed by atoms with Gasteiger partial charge >= 0.3 is 0 Å². The number of hydrogen-bond donors (Lipinski definition) is 2. The van der Waals surface area contributed by atoms with Crippen LogP contribution in [0.1, 0.15) is 26.7 Å². The summed E-state index contributed by atoms with van der Waals surface area (Å²) in [4.78, 5) is 21.5. The molecule has 2 N–H and O–H groups in total. The lowest BCUT2D eigenvalue weighted by molar-refractivity contribution is 0.0946. The maximum absolute atomic E-state index is 11.8. The van der Waals surface area contributed by atoms with Gasteiger partial charge in [0.05, 0.1) is 24.2 Å². The van der Waals surface area contributed by atoms with E-state index in [0.717, 1.165) is 9.75 Å². The molecule has 5 nitrogen and oxygen atoms in total. The van der Waals surface area contributed by atoms with Crippen LogP contribution in [0.4, 0.5) is 0 Å². The quantitative estimate of drug-likeness (QED) is 0.829. The number of aromatic nitrogens is 2. The Kier molecular flexibility index (Phi) is 5.24. The van der Waals surface area contributed by atoms with Crippen molar-refractivity contribution in [2.24, 2.45) is 0 Å². The first-order valence-electron chi connectivity index (χ1n) is 6.02. The number of aliphatic hydroxyl groups excluding tert-OH is 1. The summed E-state index contributed by atoms with van der Waals surface area (Å²) in [6.07, 6.45) is 4.90. The molecule has 0 fully saturated rings. The lowest BCUT2D eigenvalue weighted by Crippen LogP contribution is -2.23. The van der Waals surface area contributed by atoms with Crippen LogP contribution in [0.25, 0.3) is 0 Å². The van der Waals surface area contributed by atoms with Gasteiger partial charge in [-0.2, -0.15) is 0 Å². The van der Waals surface area contributed by atoms with Crippen LogP contribution in [-0.2, 0) is 6.54 Å². The molecule has 0 saturated carbocycles. The summed E-state index contributed by atoms with van der Waals surface area (Å²) >= 11 is 1.51. The molecule has 0 saturated heterocycles. The van der Waals surface area contributed by atoms with Crippen LogP contribution < -0.4 is 5.32 Å². The maximum atomic E-state index is 11.8. The molecule has 20 heavy (non-hydrogen) atoms. The average molecular weight is 287 g/mol. The smallest absolute Gasteiger partial charge is 0.271 e. The van der Waals surface area contributed by atoms with E-state index >= 15 is 0 Å². The Bertz CT molecular complexity index is 629. The molecule has 0 aliphatic carbocycles. The summed E-state index contributed by atoms with van der Waals surface area (Å²) in [6, 6.07) is 3.82. The Morgan fingerprint density at radius 2 is 2.30 bits per heavy atom. The molecule has 0 aliphatic rings. The van der Waals surface area contributed by atoms with Crippen molar-refractivity contribution in [1.82, 2.24) is 15.3 Å². The Hall–Kier alpha value is -2.23. The third-order valence-corrected chi connectivity index (χ3v) is 3.33. The number of nitrogens with one attached hydrogen (secondary N) is 1. The summed E-state index contributed by atoms with van der Waals surface area (Å²) in [5.41, 5.74) is 0.298. The van der Waals surface area contributed by atoms with Gasteiger partial charge in [-0.1, -0.05) is 11.8 Å². The van der Waals surface area contributed by atoms with Gasteiger partial charge in [-0.15, -0.1) is 11.3 Å². The van der Waals surface area contributed by atoms with Crippen LogP contribution in [-0.4, -0.2) is 27.6 Å². The van der Waals surface area contributed by atoms with Gasteiger partial charge in [0.1, 0.15) is 5.69 Å². The molecule has 0 spiro atoms. The molecule has 1 amide bonds. The number of amides is 1. The van der Waals surface area contributed by atoms with Gasteiger partial charge in [0.15, 0.2) is 0 Å². The molecule has 102 valence electrons. The van der Waals surface area contributed by atoms with Gasteiger partial charge in [-0.3, -0.25) is 9.78 Å². The molecule has 0 aliphatic heterocycles. The average Bonchev–Trinajstić information content (AvgIpc) is 2.94. The number of aliphatic hydroxyl groups is 1. The van der Waals surface area contributed by atoms with E-state index in [4.69, 9.17) is 5.11 Å². The highest BCUT2D eigenvalue weighted by atomic mass is 32.1. The van der Waals surface area contributed by atoms with Gasteiger partial charge < -0.3 is 10.4 Å². The van der Waals surface area contributed by atoms with Gasteiger partial charge in [0.2, 0.25) is 0 Å². The fraction of sp³-hybridized carbons (Fsp3) is 0.214. The van der Waals surface area contributed by atoms with E-state index in [1.54, 1.807) is 0 Å². The van der Waals surface area contributed by atoms with Gasteiger partial charge in [0.25, 0.3) is 5.91 Å². The summed E-state index contributed by atoms with van der Waals surface area (Å²) in [5, 5.41) is 11.4. The predicted octanol–water partition coefficient (Wildman–Crippen LogP) is 1.20. The largest absolute Gasteiger partial charge is 0.395 e. The molecule has 0 aromatic carbocycles. The third kappa shape index (κ3) is 4.16. The second-order valence-electron chi connectivity index (χ2n) is 3.81. The minimum absolute atomic E-state index is 0.0689. The van der Waals surface area contributed by atoms with Crippen molar-refractivity contribution in [3.63, 3.8) is 0 Å². The van der Waals surface area contributed by atoms with Crippen LogP contribution in [0.3, 0.4) is 0 Å². The highest BCUT2D eigenvalue weighted by molar-refractivity contribution is 7.12. The molecule has 6 heteroatoms. The Morgan fingerprint density at radius 1 is 1.40 bits per heavy atom. The summed E-state index contributed by atoms with van der Waals surface area (Å²) in [5.74, 6) is 5.57. The predicted molar refractivity (Wildman–Crippen MR) is 76.1 cm³/mol. The van der Waals surface area contributed by atoms with E-state index in [1.165, 1.54) is 29.9 Å². The minimum Gasteiger partial charge on any atom is -0.395 e. The molecule has 2 heterocycles. The number of nitrogens with zero attached hydrogens (tertiary/aromatic N) is 2. The van der Waals surface area contributed by atoms with Crippen molar-refractivity contribution in [2.75, 3.05) is 6.61 Å². The van der Waals surface area contributed by atoms with Crippen molar-refractivity contribution in [1.29, 1.82) is 0 Å². The SMILES string of the molecule is O=C(NCc1ccc(C#CCCO)s1)c1cnccn1. The molecule has 0 unspecified atom stereocenters. The van der Waals surface area contributed by atoms with Gasteiger partial charge in [-0.05, 0) is 12.1 Å². The molecular weight excluding hydrogens is 274 g/mol. The lowest BCUT2D eigenvalue weighted by Gasteiger charge is -2.01. The number of rotatable bonds is 4. The first-order valence-corrected chi connectivity index (χ1v) is 6.84. The zero-order valence-electron chi connectivity index (χ0n) is 10.7. The van der Waals surface area contributed by atoms with Crippen molar-refractivity contribution >= 4 is 17.2 Å². The summed E-state index contributed by atoms with van der Waals surface area (Å²) in [7, 11) is 0. The standard InChI is InChI=1S/C14H13N3O2S/c18-8-2-1-3-11-4-5-12(20-11)9-17-14(19)13-10-15-6-7-16-13/h4-7,10,18H,2,8-9H2,(H,17,19). The van der Waals surface area contributed by atoms with E-state index in [-0.39, 0.29) is 12.5 Å². The first kappa shape index (κ1) is 14.2. The van der Waals surface area contributed by atoms with Gasteiger partial charge in [-0.25, -0.2) is 4.98 Å². The van der Waals surface area contributed by atoms with Crippen LogP contribution in [0.5, 0.6) is 0 Å². The van der Waals surface area contributed by atoms with E-state index in [2.05, 4.69) is 27.1 Å². The van der Waals surface area contributed by atoms with Crippen molar-refractivity contribution in [2.45, 2.75) is 13.0 Å². The molecule has 0 bridgehead atoms. The highest BCUT2D eigenvalue weighted by Gasteiger charge is 2.07. The zero-order chi connectivity index (χ0) is 14.2. The van der Waals surface area contributed by atoms with Gasteiger partial charge in [0, 0.05) is 23.7 Å². The van der Waals surface area contributed by atoms with Crippen molar-refractivity contribution in [3.05, 3.63) is 46.2 Å². The fourth-order valence-corrected chi connectivity index (χ4v) is 2.24. The van der Waals surface area contributed by atoms with E-state index in [9.17, 15) is 4.79 Å². The normalized spacial score (nSPS) is 9.65. The third-order valence-electron chi connectivity index (χ3n) is 2.33. The second-order valence-corrected chi connectivity index (χ2v) is 4.98. The Balaban J connectivity index is 1.89. The van der Waals surface area contributed by atoms with Crippen molar-refractivity contribution in [3.8, 4) is 11.8 Å². The number of thiophene rings is 1. The zero-order valence-corrected chi connectivity index (χ0v) is 11.5. The van der Waals surface area contributed by atoms with Crippen molar-refractivity contribution < 1.29 is 9.90 Å².